The lowest BCUT2D eigenvalue weighted by molar-refractivity contribution is -0.385. The molecule has 0 fully saturated rings. The molecule has 8 heteroatoms. The highest BCUT2D eigenvalue weighted by atomic mass is 16.6. The van der Waals surface area contributed by atoms with Crippen LogP contribution in [0.5, 0.6) is 0 Å². The predicted octanol–water partition coefficient (Wildman–Crippen LogP) is 3.61. The van der Waals surface area contributed by atoms with Crippen molar-refractivity contribution in [3.05, 3.63) is 80.4 Å². The molecule has 0 aliphatic carbocycles. The molecule has 0 aliphatic rings. The van der Waals surface area contributed by atoms with Gasteiger partial charge in [-0.3, -0.25) is 25.7 Å². The fourth-order valence-electron chi connectivity index (χ4n) is 1.79. The number of hydrogen-bond acceptors (Lipinski definition) is 6. The number of hydrazone groups is 1. The minimum Gasteiger partial charge on any atom is -0.278 e. The third-order valence-corrected chi connectivity index (χ3v) is 2.82. The zero-order valence-electron chi connectivity index (χ0n) is 11.8. The van der Waals surface area contributed by atoms with E-state index in [2.05, 4.69) is 10.5 Å². The summed E-state index contributed by atoms with van der Waals surface area (Å²) in [7, 11) is 0. The SMILES string of the molecule is O=[N+]([O-])c1cccc(NN=CC=Cc2ccccc2[N+](=O)[O-])c1. The topological polar surface area (TPSA) is 111 Å². The molecular formula is C15H12N4O4. The van der Waals surface area contributed by atoms with Crippen molar-refractivity contribution in [3.8, 4) is 0 Å². The Morgan fingerprint density at radius 1 is 1.00 bits per heavy atom. The van der Waals surface area contributed by atoms with E-state index in [1.165, 1.54) is 30.5 Å². The van der Waals surface area contributed by atoms with E-state index in [9.17, 15) is 20.2 Å². The van der Waals surface area contributed by atoms with E-state index in [1.54, 1.807) is 36.4 Å². The summed E-state index contributed by atoms with van der Waals surface area (Å²) in [5.74, 6) is 0. The first-order valence-corrected chi connectivity index (χ1v) is 6.51. The van der Waals surface area contributed by atoms with Gasteiger partial charge in [-0.05, 0) is 24.3 Å². The van der Waals surface area contributed by atoms with Gasteiger partial charge in [0.15, 0.2) is 0 Å². The molecule has 2 aromatic carbocycles. The van der Waals surface area contributed by atoms with Crippen LogP contribution in [0, 0.1) is 20.2 Å². The van der Waals surface area contributed by atoms with Crippen molar-refractivity contribution in [2.24, 2.45) is 5.10 Å². The Labute approximate surface area is 131 Å². The molecule has 0 atom stereocenters. The van der Waals surface area contributed by atoms with Crippen molar-refractivity contribution < 1.29 is 9.85 Å². The summed E-state index contributed by atoms with van der Waals surface area (Å²) in [4.78, 5) is 20.5. The first-order chi connectivity index (χ1) is 11.1. The number of non-ortho nitro benzene ring substituents is 1. The van der Waals surface area contributed by atoms with E-state index in [1.807, 2.05) is 0 Å². The normalized spacial score (nSPS) is 11.0. The number of nitro groups is 2. The van der Waals surface area contributed by atoms with Crippen LogP contribution in [0.15, 0.2) is 59.7 Å². The molecule has 2 rings (SSSR count). The molecule has 0 aliphatic heterocycles. The van der Waals surface area contributed by atoms with Crippen molar-refractivity contribution in [1.29, 1.82) is 0 Å². The molecule has 1 N–H and O–H groups in total. The molecule has 0 radical (unpaired) electrons. The van der Waals surface area contributed by atoms with Crippen LogP contribution in [-0.4, -0.2) is 16.1 Å². The largest absolute Gasteiger partial charge is 0.278 e. The van der Waals surface area contributed by atoms with Gasteiger partial charge in [0.25, 0.3) is 11.4 Å². The summed E-state index contributed by atoms with van der Waals surface area (Å²) < 4.78 is 0. The summed E-state index contributed by atoms with van der Waals surface area (Å²) in [6, 6.07) is 12.2. The molecule has 0 saturated heterocycles. The number of nitrogens with one attached hydrogen (secondary N) is 1. The number of nitro benzene ring substituents is 2. The van der Waals surface area contributed by atoms with E-state index < -0.39 is 9.85 Å². The van der Waals surface area contributed by atoms with E-state index in [0.29, 0.717) is 11.3 Å². The monoisotopic (exact) mass is 312 g/mol. The molecule has 0 bridgehead atoms. The van der Waals surface area contributed by atoms with Crippen LogP contribution in [0.4, 0.5) is 17.1 Å². The first-order valence-electron chi connectivity index (χ1n) is 6.51. The van der Waals surface area contributed by atoms with Crippen molar-refractivity contribution >= 4 is 29.4 Å². The number of allylic oxidation sites excluding steroid dienone is 1. The van der Waals surface area contributed by atoms with E-state index in [-0.39, 0.29) is 11.4 Å². The maximum Gasteiger partial charge on any atom is 0.276 e. The standard InChI is InChI=1S/C15H12N4O4/c20-18(21)14-8-3-7-13(11-14)17-16-10-4-6-12-5-1-2-9-15(12)19(22)23/h1-11,17H. The second-order valence-corrected chi connectivity index (χ2v) is 4.37. The van der Waals surface area contributed by atoms with Gasteiger partial charge < -0.3 is 0 Å². The fourth-order valence-corrected chi connectivity index (χ4v) is 1.79. The van der Waals surface area contributed by atoms with Gasteiger partial charge in [0, 0.05) is 24.4 Å². The lowest BCUT2D eigenvalue weighted by Gasteiger charge is -1.98. The van der Waals surface area contributed by atoms with Gasteiger partial charge in [-0.15, -0.1) is 0 Å². The number of nitrogens with zero attached hydrogens (tertiary/aromatic N) is 3. The predicted molar refractivity (Wildman–Crippen MR) is 87.3 cm³/mol. The highest BCUT2D eigenvalue weighted by molar-refractivity contribution is 5.80. The quantitative estimate of drug-likeness (QED) is 0.497. The molecule has 116 valence electrons. The van der Waals surface area contributed by atoms with Gasteiger partial charge in [0.1, 0.15) is 0 Å². The summed E-state index contributed by atoms with van der Waals surface area (Å²) in [6.07, 6.45) is 4.49. The van der Waals surface area contributed by atoms with E-state index in [0.717, 1.165) is 0 Å². The Morgan fingerprint density at radius 3 is 2.52 bits per heavy atom. The number of rotatable bonds is 6. The van der Waals surface area contributed by atoms with E-state index in [4.69, 9.17) is 0 Å². The molecular weight excluding hydrogens is 300 g/mol. The van der Waals surface area contributed by atoms with Crippen molar-refractivity contribution in [2.45, 2.75) is 0 Å². The third-order valence-electron chi connectivity index (χ3n) is 2.82. The van der Waals surface area contributed by atoms with Crippen molar-refractivity contribution in [1.82, 2.24) is 0 Å². The molecule has 23 heavy (non-hydrogen) atoms. The number of hydrogen-bond donors (Lipinski definition) is 1. The van der Waals surface area contributed by atoms with Crippen LogP contribution in [-0.2, 0) is 0 Å². The molecule has 0 saturated carbocycles. The molecule has 0 spiro atoms. The molecule has 0 aromatic heterocycles. The second kappa shape index (κ2) is 7.46. The second-order valence-electron chi connectivity index (χ2n) is 4.37. The van der Waals surface area contributed by atoms with Gasteiger partial charge in [-0.1, -0.05) is 18.2 Å². The summed E-state index contributed by atoms with van der Waals surface area (Å²) in [6.45, 7) is 0. The number of anilines is 1. The maximum absolute atomic E-state index is 10.9. The molecule has 8 nitrogen and oxygen atoms in total. The summed E-state index contributed by atoms with van der Waals surface area (Å²) in [5, 5.41) is 25.4. The van der Waals surface area contributed by atoms with Crippen molar-refractivity contribution in [3.63, 3.8) is 0 Å². The van der Waals surface area contributed by atoms with E-state index >= 15 is 0 Å². The van der Waals surface area contributed by atoms with Gasteiger partial charge in [-0.2, -0.15) is 5.10 Å². The first kappa shape index (κ1) is 15.8. The zero-order valence-corrected chi connectivity index (χ0v) is 11.8. The van der Waals surface area contributed by atoms with Gasteiger partial charge in [0.2, 0.25) is 0 Å². The highest BCUT2D eigenvalue weighted by Crippen LogP contribution is 2.19. The average Bonchev–Trinajstić information content (AvgIpc) is 2.55. The van der Waals surface area contributed by atoms with Gasteiger partial charge in [0.05, 0.1) is 21.1 Å². The number of para-hydroxylation sites is 1. The van der Waals surface area contributed by atoms with Crippen LogP contribution in [0.25, 0.3) is 6.08 Å². The lowest BCUT2D eigenvalue weighted by atomic mass is 10.2. The van der Waals surface area contributed by atoms with Gasteiger partial charge >= 0.3 is 0 Å². The average molecular weight is 312 g/mol. The zero-order chi connectivity index (χ0) is 16.7. The smallest absolute Gasteiger partial charge is 0.276 e. The van der Waals surface area contributed by atoms with Gasteiger partial charge in [-0.25, -0.2) is 0 Å². The highest BCUT2D eigenvalue weighted by Gasteiger charge is 2.08. The minimum absolute atomic E-state index is 0.00351. The third kappa shape index (κ3) is 4.46. The molecule has 2 aromatic rings. The van der Waals surface area contributed by atoms with Crippen LogP contribution in [0.1, 0.15) is 5.56 Å². The number of benzene rings is 2. The molecule has 0 unspecified atom stereocenters. The van der Waals surface area contributed by atoms with Crippen LogP contribution >= 0.6 is 0 Å². The van der Waals surface area contributed by atoms with Crippen LogP contribution in [0.3, 0.4) is 0 Å². The maximum atomic E-state index is 10.9. The Bertz CT molecular complexity index is 787. The fraction of sp³-hybridized carbons (Fsp3) is 0. The van der Waals surface area contributed by atoms with Crippen LogP contribution in [0.2, 0.25) is 0 Å². The van der Waals surface area contributed by atoms with Crippen molar-refractivity contribution in [2.75, 3.05) is 5.43 Å². The van der Waals surface area contributed by atoms with Crippen LogP contribution < -0.4 is 5.43 Å². The Hall–Kier alpha value is -3.55. The Balaban J connectivity index is 2.01. The Kier molecular flexibility index (Phi) is 5.13. The Morgan fingerprint density at radius 2 is 1.78 bits per heavy atom. The molecule has 0 amide bonds. The lowest BCUT2D eigenvalue weighted by Crippen LogP contribution is -1.92. The summed E-state index contributed by atoms with van der Waals surface area (Å²) in [5.41, 5.74) is 3.53. The summed E-state index contributed by atoms with van der Waals surface area (Å²) >= 11 is 0. The minimum atomic E-state index is -0.497. The molecule has 0 heterocycles.